The van der Waals surface area contributed by atoms with Crippen LogP contribution < -0.4 is 10.1 Å². The molecule has 0 amide bonds. The quantitative estimate of drug-likeness (QED) is 0.686. The first-order chi connectivity index (χ1) is 10.7. The first-order valence-electron chi connectivity index (χ1n) is 7.16. The number of nitrogens with one attached hydrogen (secondary N) is 1. The molecule has 0 aliphatic rings. The Kier molecular flexibility index (Phi) is 4.38. The van der Waals surface area contributed by atoms with Crippen molar-refractivity contribution in [2.45, 2.75) is 12.2 Å². The maximum absolute atomic E-state index is 11.0. The van der Waals surface area contributed by atoms with Gasteiger partial charge in [0.05, 0.1) is 10.4 Å². The van der Waals surface area contributed by atoms with Gasteiger partial charge in [-0.2, -0.15) is 0 Å². The van der Waals surface area contributed by atoms with Crippen molar-refractivity contribution < 1.29 is 9.84 Å². The van der Waals surface area contributed by atoms with Crippen molar-refractivity contribution in [1.29, 1.82) is 0 Å². The minimum Gasteiger partial charge on any atom is -0.457 e. The van der Waals surface area contributed by atoms with Crippen LogP contribution in [-0.2, 0) is 5.79 Å². The molecule has 22 heavy (non-hydrogen) atoms. The van der Waals surface area contributed by atoms with Gasteiger partial charge in [0.25, 0.3) is 0 Å². The Balaban J connectivity index is 1.91. The molecule has 1 aromatic carbocycles. The van der Waals surface area contributed by atoms with Crippen molar-refractivity contribution >= 4 is 22.2 Å². The molecular weight excluding hydrogens is 296 g/mol. The number of rotatable bonds is 6. The number of benzene rings is 1. The van der Waals surface area contributed by atoms with Crippen LogP contribution in [0.1, 0.15) is 11.3 Å². The minimum absolute atomic E-state index is 0.467. The SMILES string of the molecule is CNCC[C@@](O)(Oc1ccc2ncccc2c1)c1cccs1. The van der Waals surface area contributed by atoms with Gasteiger partial charge in [0, 0.05) is 24.5 Å². The summed E-state index contributed by atoms with van der Waals surface area (Å²) in [5, 5.41) is 16.9. The minimum atomic E-state index is -1.33. The number of hydrogen-bond acceptors (Lipinski definition) is 5. The number of nitrogens with zero attached hydrogens (tertiary/aromatic N) is 1. The van der Waals surface area contributed by atoms with E-state index in [0.717, 1.165) is 15.8 Å². The van der Waals surface area contributed by atoms with Crippen molar-refractivity contribution in [1.82, 2.24) is 10.3 Å². The van der Waals surface area contributed by atoms with Crippen LogP contribution in [0, 0.1) is 0 Å². The highest BCUT2D eigenvalue weighted by molar-refractivity contribution is 7.10. The molecule has 1 atom stereocenters. The zero-order valence-corrected chi connectivity index (χ0v) is 13.1. The van der Waals surface area contributed by atoms with Gasteiger partial charge in [-0.25, -0.2) is 0 Å². The van der Waals surface area contributed by atoms with Gasteiger partial charge in [0.15, 0.2) is 0 Å². The van der Waals surface area contributed by atoms with E-state index < -0.39 is 5.79 Å². The zero-order chi connectivity index (χ0) is 15.4. The Morgan fingerprint density at radius 1 is 1.27 bits per heavy atom. The smallest absolute Gasteiger partial charge is 0.245 e. The number of pyridine rings is 1. The molecule has 5 heteroatoms. The number of aromatic nitrogens is 1. The number of hydrogen-bond donors (Lipinski definition) is 2. The summed E-state index contributed by atoms with van der Waals surface area (Å²) in [7, 11) is 1.86. The summed E-state index contributed by atoms with van der Waals surface area (Å²) in [6, 6.07) is 13.3. The molecule has 0 saturated carbocycles. The fourth-order valence-corrected chi connectivity index (χ4v) is 3.12. The summed E-state index contributed by atoms with van der Waals surface area (Å²) in [6.45, 7) is 0.656. The lowest BCUT2D eigenvalue weighted by Gasteiger charge is -2.28. The monoisotopic (exact) mass is 314 g/mol. The molecule has 3 aromatic rings. The Morgan fingerprint density at radius 2 is 2.18 bits per heavy atom. The lowest BCUT2D eigenvalue weighted by Crippen LogP contribution is -2.35. The van der Waals surface area contributed by atoms with E-state index in [1.54, 1.807) is 6.20 Å². The van der Waals surface area contributed by atoms with Crippen LogP contribution in [-0.4, -0.2) is 23.7 Å². The first-order valence-corrected chi connectivity index (χ1v) is 8.04. The van der Waals surface area contributed by atoms with Crippen LogP contribution in [0.15, 0.2) is 54.0 Å². The summed E-state index contributed by atoms with van der Waals surface area (Å²) in [4.78, 5) is 5.09. The summed E-state index contributed by atoms with van der Waals surface area (Å²) in [6.07, 6.45) is 2.23. The van der Waals surface area contributed by atoms with Gasteiger partial charge in [-0.1, -0.05) is 12.1 Å². The molecule has 2 N–H and O–H groups in total. The summed E-state index contributed by atoms with van der Waals surface area (Å²) >= 11 is 1.49. The van der Waals surface area contributed by atoms with Crippen LogP contribution in [0.3, 0.4) is 0 Å². The Bertz CT molecular complexity index is 745. The van der Waals surface area contributed by atoms with E-state index in [9.17, 15) is 5.11 Å². The zero-order valence-electron chi connectivity index (χ0n) is 12.3. The van der Waals surface area contributed by atoms with Crippen molar-refractivity contribution in [2.24, 2.45) is 0 Å². The fourth-order valence-electron chi connectivity index (χ4n) is 2.33. The van der Waals surface area contributed by atoms with Gasteiger partial charge in [-0.05, 0) is 42.8 Å². The molecule has 4 nitrogen and oxygen atoms in total. The van der Waals surface area contributed by atoms with E-state index in [0.29, 0.717) is 18.7 Å². The maximum atomic E-state index is 11.0. The third-order valence-electron chi connectivity index (χ3n) is 3.48. The highest BCUT2D eigenvalue weighted by Crippen LogP contribution is 2.33. The molecule has 2 aromatic heterocycles. The van der Waals surface area contributed by atoms with Crippen molar-refractivity contribution in [3.63, 3.8) is 0 Å². The summed E-state index contributed by atoms with van der Waals surface area (Å²) < 4.78 is 5.95. The Hall–Kier alpha value is -1.95. The van der Waals surface area contributed by atoms with Gasteiger partial charge in [0.2, 0.25) is 5.79 Å². The van der Waals surface area contributed by atoms with Crippen LogP contribution >= 0.6 is 11.3 Å². The summed E-state index contributed by atoms with van der Waals surface area (Å²) in [5.74, 6) is -0.694. The van der Waals surface area contributed by atoms with Crippen LogP contribution in [0.4, 0.5) is 0 Å². The second-order valence-corrected chi connectivity index (χ2v) is 6.02. The molecule has 0 radical (unpaired) electrons. The highest BCUT2D eigenvalue weighted by Gasteiger charge is 2.32. The molecule has 0 aliphatic heterocycles. The largest absolute Gasteiger partial charge is 0.457 e. The average Bonchev–Trinajstić information content (AvgIpc) is 3.08. The van der Waals surface area contributed by atoms with Crippen molar-refractivity contribution in [3.8, 4) is 5.75 Å². The third kappa shape index (κ3) is 3.11. The van der Waals surface area contributed by atoms with Crippen LogP contribution in [0.2, 0.25) is 0 Å². The first kappa shape index (κ1) is 15.0. The molecular formula is C17H18N2O2S. The Morgan fingerprint density at radius 3 is 2.95 bits per heavy atom. The highest BCUT2D eigenvalue weighted by atomic mass is 32.1. The van der Waals surface area contributed by atoms with E-state index in [1.165, 1.54) is 11.3 Å². The van der Waals surface area contributed by atoms with Crippen LogP contribution in [0.5, 0.6) is 5.75 Å². The maximum Gasteiger partial charge on any atom is 0.245 e. The molecule has 2 heterocycles. The predicted molar refractivity (Wildman–Crippen MR) is 89.1 cm³/mol. The average molecular weight is 314 g/mol. The number of ether oxygens (including phenoxy) is 1. The van der Waals surface area contributed by atoms with Gasteiger partial charge >= 0.3 is 0 Å². The van der Waals surface area contributed by atoms with Gasteiger partial charge < -0.3 is 15.2 Å². The molecule has 0 spiro atoms. The molecule has 0 unspecified atom stereocenters. The molecule has 0 saturated heterocycles. The van der Waals surface area contributed by atoms with Crippen molar-refractivity contribution in [3.05, 3.63) is 58.9 Å². The number of aliphatic hydroxyl groups is 1. The normalized spacial score (nSPS) is 13.9. The fraction of sp³-hybridized carbons (Fsp3) is 0.235. The molecule has 0 bridgehead atoms. The second kappa shape index (κ2) is 6.44. The van der Waals surface area contributed by atoms with E-state index in [1.807, 2.05) is 54.9 Å². The topological polar surface area (TPSA) is 54.4 Å². The van der Waals surface area contributed by atoms with Gasteiger partial charge in [-0.3, -0.25) is 4.98 Å². The van der Waals surface area contributed by atoms with E-state index in [-0.39, 0.29) is 0 Å². The summed E-state index contributed by atoms with van der Waals surface area (Å²) in [5.41, 5.74) is 0.907. The Labute approximate surface area is 133 Å². The lowest BCUT2D eigenvalue weighted by molar-refractivity contribution is -0.147. The third-order valence-corrected chi connectivity index (χ3v) is 4.48. The standard InChI is InChI=1S/C17H18N2O2S/c1-18-10-8-17(20,16-5-3-11-22-16)21-14-6-7-15-13(12-14)4-2-9-19-15/h2-7,9,11-12,18,20H,8,10H2,1H3/t17-/m1/s1. The van der Waals surface area contributed by atoms with E-state index >= 15 is 0 Å². The van der Waals surface area contributed by atoms with Gasteiger partial charge in [-0.15, -0.1) is 11.3 Å². The van der Waals surface area contributed by atoms with E-state index in [2.05, 4.69) is 10.3 Å². The molecule has 114 valence electrons. The molecule has 0 fully saturated rings. The van der Waals surface area contributed by atoms with Crippen molar-refractivity contribution in [2.75, 3.05) is 13.6 Å². The molecule has 0 aliphatic carbocycles. The number of thiophene rings is 1. The lowest BCUT2D eigenvalue weighted by atomic mass is 10.1. The van der Waals surface area contributed by atoms with Crippen LogP contribution in [0.25, 0.3) is 10.9 Å². The molecule has 3 rings (SSSR count). The van der Waals surface area contributed by atoms with E-state index in [4.69, 9.17) is 4.74 Å². The van der Waals surface area contributed by atoms with Gasteiger partial charge in [0.1, 0.15) is 5.75 Å². The predicted octanol–water partition coefficient (Wildman–Crippen LogP) is 3.13. The number of fused-ring (bicyclic) bond motifs is 1. The second-order valence-electron chi connectivity index (χ2n) is 5.08.